The Balaban J connectivity index is 1.01. The topological polar surface area (TPSA) is 91.0 Å². The van der Waals surface area contributed by atoms with Gasteiger partial charge in [-0.1, -0.05) is 78.9 Å². The zero-order chi connectivity index (χ0) is 33.7. The lowest BCUT2D eigenvalue weighted by atomic mass is 10.0. The highest BCUT2D eigenvalue weighted by Gasteiger charge is 2.17. The molecule has 0 saturated heterocycles. The Morgan fingerprint density at radius 1 is 0.490 bits per heavy atom. The second-order valence-electron chi connectivity index (χ2n) is 12.9. The van der Waals surface area contributed by atoms with Crippen LogP contribution in [0.1, 0.15) is 35.6 Å². The summed E-state index contributed by atoms with van der Waals surface area (Å²) in [5, 5.41) is 0. The summed E-state index contributed by atoms with van der Waals surface area (Å²) in [7, 11) is 0. The van der Waals surface area contributed by atoms with Gasteiger partial charge in [0.1, 0.15) is 17.0 Å². The summed E-state index contributed by atoms with van der Waals surface area (Å²) in [5.41, 5.74) is 11.1. The van der Waals surface area contributed by atoms with Crippen LogP contribution >= 0.6 is 0 Å². The molecule has 8 aromatic rings. The van der Waals surface area contributed by atoms with Crippen molar-refractivity contribution in [1.82, 2.24) is 19.9 Å². The predicted molar refractivity (Wildman–Crippen MR) is 199 cm³/mol. The molecule has 0 amide bonds. The highest BCUT2D eigenvalue weighted by Crippen LogP contribution is 2.34. The molecule has 0 atom stereocenters. The van der Waals surface area contributed by atoms with Crippen molar-refractivity contribution in [3.8, 4) is 68.1 Å². The van der Waals surface area contributed by atoms with E-state index in [-0.39, 0.29) is 0 Å². The molecule has 0 unspecified atom stereocenters. The number of hydrogen-bond acceptors (Lipinski definition) is 7. The monoisotopic (exact) mass is 662 g/mol. The van der Waals surface area contributed by atoms with Crippen molar-refractivity contribution in [2.75, 3.05) is 0 Å². The number of aromatic nitrogens is 4. The van der Waals surface area contributed by atoms with Crippen molar-refractivity contribution in [2.45, 2.75) is 25.7 Å². The van der Waals surface area contributed by atoms with Crippen molar-refractivity contribution < 1.29 is 13.3 Å². The fraction of sp³-hybridized carbons (Fsp3) is 0.0909. The molecule has 0 fully saturated rings. The van der Waals surface area contributed by atoms with Gasteiger partial charge in [0.15, 0.2) is 17.2 Å². The minimum Gasteiger partial charge on any atom is -0.460 e. The molecule has 0 saturated carbocycles. The predicted octanol–water partition coefficient (Wildman–Crippen LogP) is 11.1. The molecule has 51 heavy (non-hydrogen) atoms. The number of oxazole rings is 2. The first kappa shape index (κ1) is 29.3. The van der Waals surface area contributed by atoms with E-state index in [4.69, 9.17) is 28.2 Å². The number of aryl methyl sites for hydroxylation is 2. The van der Waals surface area contributed by atoms with Crippen molar-refractivity contribution in [2.24, 2.45) is 0 Å². The van der Waals surface area contributed by atoms with Crippen LogP contribution in [0.4, 0.5) is 0 Å². The Labute approximate surface area is 293 Å². The maximum Gasteiger partial charge on any atom is 0.227 e. The Bertz CT molecular complexity index is 2470. The van der Waals surface area contributed by atoms with E-state index >= 15 is 0 Å². The molecular weight excluding hydrogens is 633 g/mol. The first-order valence-corrected chi connectivity index (χ1v) is 17.2. The molecule has 4 aromatic heterocycles. The van der Waals surface area contributed by atoms with Crippen molar-refractivity contribution in [3.63, 3.8) is 0 Å². The lowest BCUT2D eigenvalue weighted by Gasteiger charge is -2.10. The van der Waals surface area contributed by atoms with Crippen molar-refractivity contribution >= 4 is 23.3 Å². The van der Waals surface area contributed by atoms with Gasteiger partial charge in [-0.15, -0.1) is 0 Å². The second-order valence-corrected chi connectivity index (χ2v) is 12.9. The molecule has 0 spiro atoms. The smallest absolute Gasteiger partial charge is 0.227 e. The molecular formula is C44H30N4O3. The molecule has 4 heterocycles. The van der Waals surface area contributed by atoms with Gasteiger partial charge >= 0.3 is 0 Å². The van der Waals surface area contributed by atoms with E-state index in [0.29, 0.717) is 17.6 Å². The van der Waals surface area contributed by atoms with Crippen LogP contribution in [0.15, 0.2) is 135 Å². The Morgan fingerprint density at radius 2 is 1.12 bits per heavy atom. The van der Waals surface area contributed by atoms with Crippen molar-refractivity contribution in [1.29, 1.82) is 0 Å². The van der Waals surface area contributed by atoms with E-state index in [1.54, 1.807) is 0 Å². The van der Waals surface area contributed by atoms with Crippen molar-refractivity contribution in [3.05, 3.63) is 144 Å². The van der Waals surface area contributed by atoms with Gasteiger partial charge in [0.2, 0.25) is 11.8 Å². The highest BCUT2D eigenvalue weighted by atomic mass is 16.4. The average molecular weight is 663 g/mol. The summed E-state index contributed by atoms with van der Waals surface area (Å²) in [4.78, 5) is 19.6. The van der Waals surface area contributed by atoms with Gasteiger partial charge in [0.25, 0.3) is 0 Å². The molecule has 4 aromatic carbocycles. The number of benzene rings is 4. The lowest BCUT2D eigenvalue weighted by Crippen LogP contribution is -1.96. The molecule has 7 heteroatoms. The maximum absolute atomic E-state index is 6.21. The fourth-order valence-electron chi connectivity index (χ4n) is 6.77. The molecule has 10 rings (SSSR count). The number of rotatable bonds is 6. The summed E-state index contributed by atoms with van der Waals surface area (Å²) < 4.78 is 18.3. The van der Waals surface area contributed by atoms with Crippen LogP contribution in [-0.2, 0) is 12.8 Å². The first-order valence-electron chi connectivity index (χ1n) is 17.2. The number of allylic oxidation sites excluding steroid dienone is 2. The molecule has 0 N–H and O–H groups in total. The third-order valence-electron chi connectivity index (χ3n) is 9.52. The summed E-state index contributed by atoms with van der Waals surface area (Å²) in [6.45, 7) is 0. The molecule has 7 nitrogen and oxygen atoms in total. The van der Waals surface area contributed by atoms with E-state index in [1.165, 1.54) is 0 Å². The number of nitrogens with zero attached hydrogens (tertiary/aromatic N) is 4. The number of para-hydroxylation sites is 2. The van der Waals surface area contributed by atoms with Gasteiger partial charge < -0.3 is 13.3 Å². The number of fused-ring (bicyclic) bond motifs is 3. The van der Waals surface area contributed by atoms with Crippen LogP contribution in [0.5, 0.6) is 0 Å². The third kappa shape index (κ3) is 5.49. The van der Waals surface area contributed by atoms with E-state index in [0.717, 1.165) is 110 Å². The minimum atomic E-state index is 0.578. The summed E-state index contributed by atoms with van der Waals surface area (Å²) >= 11 is 0. The maximum atomic E-state index is 6.21. The van der Waals surface area contributed by atoms with Crippen LogP contribution in [-0.4, -0.2) is 19.9 Å². The molecule has 0 bridgehead atoms. The van der Waals surface area contributed by atoms with Gasteiger partial charge in [0.05, 0.1) is 17.1 Å². The zero-order valence-corrected chi connectivity index (χ0v) is 27.5. The van der Waals surface area contributed by atoms with Gasteiger partial charge in [-0.25, -0.2) is 19.9 Å². The minimum absolute atomic E-state index is 0.578. The van der Waals surface area contributed by atoms with Crippen LogP contribution < -0.4 is 0 Å². The summed E-state index contributed by atoms with van der Waals surface area (Å²) in [5.74, 6) is 4.61. The quantitative estimate of drug-likeness (QED) is 0.175. The number of furan rings is 1. The largest absolute Gasteiger partial charge is 0.460 e. The van der Waals surface area contributed by atoms with E-state index in [2.05, 4.69) is 65.7 Å². The Kier molecular flexibility index (Phi) is 6.94. The lowest BCUT2D eigenvalue weighted by molar-refractivity contribution is 0.520. The van der Waals surface area contributed by atoms with Gasteiger partial charge in [-0.2, -0.15) is 0 Å². The average Bonchev–Trinajstić information content (AvgIpc) is 3.95. The molecule has 2 aliphatic rings. The van der Waals surface area contributed by atoms with Crippen LogP contribution in [0, 0.1) is 0 Å². The molecule has 244 valence electrons. The first-order chi connectivity index (χ1) is 25.2. The van der Waals surface area contributed by atoms with E-state index in [9.17, 15) is 0 Å². The standard InChI is InChI=1S/C44H30N4O3/c1-4-10-38-33(7-1)25-41(49-38)29-17-13-27(14-18-29)36-26-37(28-15-21-31(22-16-28)43-47-34-8-2-5-11-39(34)50-43)46-42(45-36)30-19-23-32(24-20-30)44-48-35-9-3-6-12-40(35)51-44/h1,3,5-7,9,11-26H,2,4,8,10H2. The molecule has 2 aliphatic carbocycles. The van der Waals surface area contributed by atoms with E-state index in [1.807, 2.05) is 72.8 Å². The van der Waals surface area contributed by atoms with E-state index < -0.39 is 0 Å². The normalized spacial score (nSPS) is 13.4. The van der Waals surface area contributed by atoms with Crippen LogP contribution in [0.25, 0.3) is 91.4 Å². The highest BCUT2D eigenvalue weighted by molar-refractivity contribution is 5.78. The Morgan fingerprint density at radius 3 is 1.82 bits per heavy atom. The summed E-state index contributed by atoms with van der Waals surface area (Å²) in [6, 6.07) is 36.6. The third-order valence-corrected chi connectivity index (χ3v) is 9.52. The zero-order valence-electron chi connectivity index (χ0n) is 27.5. The van der Waals surface area contributed by atoms with Crippen LogP contribution in [0.2, 0.25) is 0 Å². The van der Waals surface area contributed by atoms with Gasteiger partial charge in [0, 0.05) is 45.4 Å². The van der Waals surface area contributed by atoms with Gasteiger partial charge in [-0.05, 0) is 73.9 Å². The Hall–Kier alpha value is -6.60. The molecule has 0 aliphatic heterocycles. The summed E-state index contributed by atoms with van der Waals surface area (Å²) in [6.07, 6.45) is 12.3. The van der Waals surface area contributed by atoms with Crippen LogP contribution in [0.3, 0.4) is 0 Å². The fourth-order valence-corrected chi connectivity index (χ4v) is 6.77. The number of hydrogen-bond donors (Lipinski definition) is 0. The second kappa shape index (κ2) is 12.1. The SMILES string of the molecule is C1=Cc2oc(-c3ccc(-c4cc(-c5ccc(-c6cc7c(o6)CCC=C7)cc5)nc(-c5ccc(-c6nc7ccccc7o6)cc5)n4)cc3)nc2CC1. The van der Waals surface area contributed by atoms with Gasteiger partial charge in [-0.3, -0.25) is 0 Å². The molecule has 0 radical (unpaired) electrons.